The fourth-order valence-corrected chi connectivity index (χ4v) is 2.85. The molecule has 28 heavy (non-hydrogen) atoms. The number of ether oxygens (including phenoxy) is 1. The molecule has 9 heteroatoms. The maximum Gasteiger partial charge on any atom is 0.249 e. The number of hydrogen-bond acceptors (Lipinski definition) is 6. The van der Waals surface area contributed by atoms with Gasteiger partial charge in [0.05, 0.1) is 25.6 Å². The first kappa shape index (κ1) is 23.4. The van der Waals surface area contributed by atoms with Crippen molar-refractivity contribution in [3.8, 4) is 5.75 Å². The second-order valence-electron chi connectivity index (χ2n) is 7.44. The van der Waals surface area contributed by atoms with Gasteiger partial charge in [0.1, 0.15) is 11.8 Å². The summed E-state index contributed by atoms with van der Waals surface area (Å²) in [4.78, 5) is 37.4. The summed E-state index contributed by atoms with van der Waals surface area (Å²) in [7, 11) is 2.95. The van der Waals surface area contributed by atoms with Crippen LogP contribution in [-0.2, 0) is 14.4 Å². The van der Waals surface area contributed by atoms with Crippen LogP contribution in [0.25, 0.3) is 0 Å². The number of nitrogens with one attached hydrogen (secondary N) is 3. The summed E-state index contributed by atoms with van der Waals surface area (Å²) in [5.41, 5.74) is 1.30. The van der Waals surface area contributed by atoms with Crippen molar-refractivity contribution >= 4 is 17.7 Å². The highest BCUT2D eigenvalue weighted by Crippen LogP contribution is 2.29. The number of methoxy groups -OCH3 is 1. The van der Waals surface area contributed by atoms with E-state index < -0.39 is 41.7 Å². The lowest BCUT2D eigenvalue weighted by molar-refractivity contribution is -0.140. The van der Waals surface area contributed by atoms with Crippen molar-refractivity contribution in [3.63, 3.8) is 0 Å². The van der Waals surface area contributed by atoms with Gasteiger partial charge >= 0.3 is 0 Å². The van der Waals surface area contributed by atoms with Gasteiger partial charge in [0.25, 0.3) is 0 Å². The van der Waals surface area contributed by atoms with Gasteiger partial charge in [0.15, 0.2) is 0 Å². The van der Waals surface area contributed by atoms with Crippen molar-refractivity contribution in [1.29, 1.82) is 0 Å². The number of aliphatic hydroxyl groups is 1. The zero-order valence-corrected chi connectivity index (χ0v) is 16.8. The Morgan fingerprint density at radius 3 is 2.04 bits per heavy atom. The maximum absolute atomic E-state index is 13.1. The molecule has 0 radical (unpaired) electrons. The summed E-state index contributed by atoms with van der Waals surface area (Å²) >= 11 is 0. The Hall–Kier alpha value is -2.65. The standard InChI is InChI=1S/C19H29N3O6/c1-19(2,3)15(18(26)20-4)21-17(25)14(13(10-23)16(24)22-27)11-6-8-12(28-5)9-7-11/h6-9,13-15,23,27H,10H2,1-5H3,(H,20,26)(H,21,25)(H,22,24)/t13-,14-,15-/m1/s1. The highest BCUT2D eigenvalue weighted by Gasteiger charge is 2.39. The van der Waals surface area contributed by atoms with E-state index >= 15 is 0 Å². The first-order valence-electron chi connectivity index (χ1n) is 8.81. The molecular formula is C19H29N3O6. The Labute approximate surface area is 164 Å². The number of hydrogen-bond donors (Lipinski definition) is 5. The summed E-state index contributed by atoms with van der Waals surface area (Å²) in [5, 5.41) is 23.9. The van der Waals surface area contributed by atoms with Crippen LogP contribution >= 0.6 is 0 Å². The van der Waals surface area contributed by atoms with Crippen LogP contribution in [0.15, 0.2) is 24.3 Å². The SMILES string of the molecule is CNC(=O)[C@@H](NC(=O)[C@H](c1ccc(OC)cc1)[C@@H](CO)C(=O)NO)C(C)(C)C. The molecule has 0 bridgehead atoms. The summed E-state index contributed by atoms with van der Waals surface area (Å²) in [5.74, 6) is -3.78. The van der Waals surface area contributed by atoms with Crippen molar-refractivity contribution in [2.45, 2.75) is 32.7 Å². The molecule has 0 fully saturated rings. The predicted molar refractivity (Wildman–Crippen MR) is 102 cm³/mol. The fraction of sp³-hybridized carbons (Fsp3) is 0.526. The van der Waals surface area contributed by atoms with Gasteiger partial charge < -0.3 is 20.5 Å². The second-order valence-corrected chi connectivity index (χ2v) is 7.44. The van der Waals surface area contributed by atoms with E-state index in [-0.39, 0.29) is 5.91 Å². The van der Waals surface area contributed by atoms with Gasteiger partial charge in [-0.3, -0.25) is 19.6 Å². The number of hydroxylamine groups is 1. The topological polar surface area (TPSA) is 137 Å². The van der Waals surface area contributed by atoms with Crippen LogP contribution in [-0.4, -0.2) is 54.8 Å². The molecule has 0 aliphatic rings. The number of benzene rings is 1. The van der Waals surface area contributed by atoms with E-state index in [1.807, 2.05) is 0 Å². The zero-order chi connectivity index (χ0) is 21.5. The van der Waals surface area contributed by atoms with Crippen molar-refractivity contribution in [1.82, 2.24) is 16.1 Å². The molecule has 0 saturated carbocycles. The van der Waals surface area contributed by atoms with Crippen molar-refractivity contribution in [2.75, 3.05) is 20.8 Å². The normalized spacial score (nSPS) is 14.4. The molecule has 0 heterocycles. The molecule has 156 valence electrons. The lowest BCUT2D eigenvalue weighted by Gasteiger charge is -2.32. The molecule has 1 rings (SSSR count). The molecule has 0 spiro atoms. The van der Waals surface area contributed by atoms with Crippen LogP contribution < -0.4 is 20.9 Å². The van der Waals surface area contributed by atoms with Gasteiger partial charge in [0.2, 0.25) is 17.7 Å². The third-order valence-corrected chi connectivity index (χ3v) is 4.46. The first-order valence-corrected chi connectivity index (χ1v) is 8.81. The minimum Gasteiger partial charge on any atom is -0.497 e. The van der Waals surface area contributed by atoms with E-state index in [1.165, 1.54) is 19.6 Å². The molecule has 1 aromatic carbocycles. The molecule has 5 N–H and O–H groups in total. The second kappa shape index (κ2) is 10.0. The number of amides is 3. The number of likely N-dealkylation sites (N-methyl/N-ethyl adjacent to an activating group) is 1. The van der Waals surface area contributed by atoms with Gasteiger partial charge in [0, 0.05) is 7.05 Å². The molecule has 0 aromatic heterocycles. The summed E-state index contributed by atoms with van der Waals surface area (Å²) < 4.78 is 5.10. The Bertz CT molecular complexity index is 684. The molecule has 3 atom stereocenters. The molecule has 3 amide bonds. The average molecular weight is 395 g/mol. The van der Waals surface area contributed by atoms with E-state index in [1.54, 1.807) is 45.0 Å². The van der Waals surface area contributed by atoms with E-state index in [0.717, 1.165) is 0 Å². The number of aliphatic hydroxyl groups excluding tert-OH is 1. The molecule has 1 aromatic rings. The minimum absolute atomic E-state index is 0.388. The molecule has 0 saturated heterocycles. The molecule has 0 unspecified atom stereocenters. The van der Waals surface area contributed by atoms with Crippen LogP contribution in [0, 0.1) is 11.3 Å². The minimum atomic E-state index is -1.26. The zero-order valence-electron chi connectivity index (χ0n) is 16.8. The van der Waals surface area contributed by atoms with Gasteiger partial charge in [-0.15, -0.1) is 0 Å². The van der Waals surface area contributed by atoms with E-state index in [0.29, 0.717) is 11.3 Å². The van der Waals surface area contributed by atoms with Crippen LogP contribution in [0.1, 0.15) is 32.3 Å². The molecule has 0 aliphatic heterocycles. The molecule has 9 nitrogen and oxygen atoms in total. The molecular weight excluding hydrogens is 366 g/mol. The van der Waals surface area contributed by atoms with Gasteiger partial charge in [-0.05, 0) is 23.1 Å². The lowest BCUT2D eigenvalue weighted by Crippen LogP contribution is -2.55. The number of carbonyl (C=O) groups is 3. The van der Waals surface area contributed by atoms with Gasteiger partial charge in [-0.25, -0.2) is 5.48 Å². The Morgan fingerprint density at radius 1 is 1.07 bits per heavy atom. The van der Waals surface area contributed by atoms with Crippen LogP contribution in [0.4, 0.5) is 0 Å². The van der Waals surface area contributed by atoms with E-state index in [9.17, 15) is 19.5 Å². The number of rotatable bonds is 8. The van der Waals surface area contributed by atoms with Gasteiger partial charge in [-0.1, -0.05) is 32.9 Å². The Balaban J connectivity index is 3.34. The summed E-state index contributed by atoms with van der Waals surface area (Å²) in [6.45, 7) is 4.69. The average Bonchev–Trinajstić information content (AvgIpc) is 2.68. The number of carbonyl (C=O) groups excluding carboxylic acids is 3. The van der Waals surface area contributed by atoms with Crippen LogP contribution in [0.2, 0.25) is 0 Å². The Kier molecular flexibility index (Phi) is 8.39. The van der Waals surface area contributed by atoms with Crippen molar-refractivity contribution in [3.05, 3.63) is 29.8 Å². The highest BCUT2D eigenvalue weighted by molar-refractivity contribution is 5.94. The van der Waals surface area contributed by atoms with E-state index in [4.69, 9.17) is 9.94 Å². The van der Waals surface area contributed by atoms with Crippen molar-refractivity contribution < 1.29 is 29.4 Å². The lowest BCUT2D eigenvalue weighted by atomic mass is 9.82. The predicted octanol–water partition coefficient (Wildman–Crippen LogP) is 0.170. The summed E-state index contributed by atoms with van der Waals surface area (Å²) in [6.07, 6.45) is 0. The fourth-order valence-electron chi connectivity index (χ4n) is 2.85. The largest absolute Gasteiger partial charge is 0.497 e. The maximum atomic E-state index is 13.1. The Morgan fingerprint density at radius 2 is 1.64 bits per heavy atom. The third kappa shape index (κ3) is 5.67. The van der Waals surface area contributed by atoms with E-state index in [2.05, 4.69) is 10.6 Å². The monoisotopic (exact) mass is 395 g/mol. The van der Waals surface area contributed by atoms with Gasteiger partial charge in [-0.2, -0.15) is 0 Å². The highest BCUT2D eigenvalue weighted by atomic mass is 16.5. The van der Waals surface area contributed by atoms with Crippen molar-refractivity contribution in [2.24, 2.45) is 11.3 Å². The summed E-state index contributed by atoms with van der Waals surface area (Å²) in [6, 6.07) is 5.52. The smallest absolute Gasteiger partial charge is 0.249 e. The molecule has 0 aliphatic carbocycles. The quantitative estimate of drug-likeness (QED) is 0.314. The first-order chi connectivity index (χ1) is 13.1. The van der Waals surface area contributed by atoms with Crippen LogP contribution in [0.5, 0.6) is 5.75 Å². The van der Waals surface area contributed by atoms with Crippen LogP contribution in [0.3, 0.4) is 0 Å². The third-order valence-electron chi connectivity index (χ3n) is 4.46.